The van der Waals surface area contributed by atoms with Crippen LogP contribution >= 0.6 is 11.6 Å². The van der Waals surface area contributed by atoms with Crippen LogP contribution in [-0.2, 0) is 7.05 Å². The number of benzene rings is 1. The van der Waals surface area contributed by atoms with E-state index in [4.69, 9.17) is 16.1 Å². The Morgan fingerprint density at radius 1 is 1.31 bits per heavy atom. The van der Waals surface area contributed by atoms with Crippen molar-refractivity contribution < 1.29 is 4.52 Å². The number of aromatic nitrogens is 2. The molecule has 84 valence electrons. The SMILES string of the molecule is Cc1ccc(-n2oc(=O)n(C)c2=O)cc1Cl. The van der Waals surface area contributed by atoms with Gasteiger partial charge in [0.2, 0.25) is 0 Å². The minimum atomic E-state index is -0.707. The molecule has 16 heavy (non-hydrogen) atoms. The summed E-state index contributed by atoms with van der Waals surface area (Å²) in [5, 5.41) is 0.510. The highest BCUT2D eigenvalue weighted by molar-refractivity contribution is 6.31. The van der Waals surface area contributed by atoms with E-state index in [0.29, 0.717) is 10.7 Å². The van der Waals surface area contributed by atoms with Crippen molar-refractivity contribution in [3.8, 4) is 5.69 Å². The molecule has 6 heteroatoms. The zero-order valence-electron chi connectivity index (χ0n) is 8.73. The summed E-state index contributed by atoms with van der Waals surface area (Å²) in [6, 6.07) is 4.98. The first kappa shape index (κ1) is 10.8. The van der Waals surface area contributed by atoms with Crippen molar-refractivity contribution >= 4 is 11.6 Å². The predicted octanol–water partition coefficient (Wildman–Crippen LogP) is 1.09. The Hall–Kier alpha value is -1.75. The second-order valence-corrected chi connectivity index (χ2v) is 3.83. The third-order valence-electron chi connectivity index (χ3n) is 2.29. The van der Waals surface area contributed by atoms with Crippen molar-refractivity contribution in [2.45, 2.75) is 6.92 Å². The molecule has 1 heterocycles. The van der Waals surface area contributed by atoms with Crippen molar-refractivity contribution in [2.75, 3.05) is 0 Å². The van der Waals surface area contributed by atoms with Gasteiger partial charge in [0.05, 0.1) is 5.69 Å². The molecular formula is C10H9ClN2O3. The molecule has 1 aromatic carbocycles. The first-order valence-electron chi connectivity index (χ1n) is 4.56. The van der Waals surface area contributed by atoms with Gasteiger partial charge >= 0.3 is 11.4 Å². The minimum absolute atomic E-state index is 0.429. The molecule has 0 amide bonds. The Labute approximate surface area is 95.4 Å². The van der Waals surface area contributed by atoms with E-state index in [9.17, 15) is 9.59 Å². The number of halogens is 1. The van der Waals surface area contributed by atoms with E-state index in [1.807, 2.05) is 6.92 Å². The van der Waals surface area contributed by atoms with Gasteiger partial charge in [0.1, 0.15) is 0 Å². The van der Waals surface area contributed by atoms with Crippen LogP contribution in [0.5, 0.6) is 0 Å². The molecular weight excluding hydrogens is 232 g/mol. The second-order valence-electron chi connectivity index (χ2n) is 3.43. The average molecular weight is 241 g/mol. The molecule has 0 N–H and O–H groups in total. The Balaban J connectivity index is 2.68. The smallest absolute Gasteiger partial charge is 0.312 e. The maximum Gasteiger partial charge on any atom is 0.442 e. The summed E-state index contributed by atoms with van der Waals surface area (Å²) in [5.41, 5.74) is 0.778. The van der Waals surface area contributed by atoms with Gasteiger partial charge in [-0.15, -0.1) is 4.74 Å². The summed E-state index contributed by atoms with van der Waals surface area (Å²) in [6.45, 7) is 1.84. The lowest BCUT2D eigenvalue weighted by Gasteiger charge is -2.01. The Morgan fingerprint density at radius 3 is 2.50 bits per heavy atom. The van der Waals surface area contributed by atoms with Crippen LogP contribution in [0, 0.1) is 6.92 Å². The van der Waals surface area contributed by atoms with Crippen LogP contribution in [0.2, 0.25) is 5.02 Å². The van der Waals surface area contributed by atoms with Crippen molar-refractivity contribution in [3.05, 3.63) is 49.8 Å². The van der Waals surface area contributed by atoms with Gasteiger partial charge in [-0.2, -0.15) is 0 Å². The predicted molar refractivity (Wildman–Crippen MR) is 59.3 cm³/mol. The number of rotatable bonds is 1. The lowest BCUT2D eigenvalue weighted by atomic mass is 10.2. The van der Waals surface area contributed by atoms with Gasteiger partial charge in [0.25, 0.3) is 0 Å². The van der Waals surface area contributed by atoms with Crippen molar-refractivity contribution in [2.24, 2.45) is 7.05 Å². The summed E-state index contributed by atoms with van der Waals surface area (Å²) in [5.74, 6) is -0.707. The van der Waals surface area contributed by atoms with Crippen LogP contribution < -0.4 is 11.4 Å². The third kappa shape index (κ3) is 1.59. The number of aryl methyl sites for hydroxylation is 1. The van der Waals surface area contributed by atoms with E-state index in [1.165, 1.54) is 7.05 Å². The molecule has 2 aromatic rings. The normalized spacial score (nSPS) is 10.7. The van der Waals surface area contributed by atoms with Gasteiger partial charge in [0, 0.05) is 12.1 Å². The highest BCUT2D eigenvalue weighted by atomic mass is 35.5. The zero-order chi connectivity index (χ0) is 11.9. The van der Waals surface area contributed by atoms with E-state index < -0.39 is 11.4 Å². The van der Waals surface area contributed by atoms with Crippen LogP contribution in [0.1, 0.15) is 5.56 Å². The van der Waals surface area contributed by atoms with Gasteiger partial charge in [0.15, 0.2) is 0 Å². The van der Waals surface area contributed by atoms with Gasteiger partial charge < -0.3 is 4.52 Å². The highest BCUT2D eigenvalue weighted by Gasteiger charge is 2.10. The molecule has 0 spiro atoms. The molecule has 1 aromatic heterocycles. The van der Waals surface area contributed by atoms with E-state index in [2.05, 4.69) is 0 Å². The number of nitrogens with zero attached hydrogens (tertiary/aromatic N) is 2. The standard InChI is InChI=1S/C10H9ClN2O3/c1-6-3-4-7(5-8(6)11)13-9(14)12(2)10(15)16-13/h3-5H,1-2H3. The number of hydrogen-bond donors (Lipinski definition) is 0. The molecule has 0 atom stereocenters. The Bertz CT molecular complexity index is 651. The maximum absolute atomic E-state index is 11.6. The van der Waals surface area contributed by atoms with Crippen LogP contribution in [0.3, 0.4) is 0 Å². The van der Waals surface area contributed by atoms with Crippen molar-refractivity contribution in [1.29, 1.82) is 0 Å². The fourth-order valence-corrected chi connectivity index (χ4v) is 1.44. The monoisotopic (exact) mass is 240 g/mol. The maximum atomic E-state index is 11.6. The molecule has 0 fully saturated rings. The zero-order valence-corrected chi connectivity index (χ0v) is 9.49. The Kier molecular flexibility index (Phi) is 2.47. The topological polar surface area (TPSA) is 57.1 Å². The lowest BCUT2D eigenvalue weighted by Crippen LogP contribution is -2.25. The van der Waals surface area contributed by atoms with Crippen LogP contribution in [-0.4, -0.2) is 9.31 Å². The summed E-state index contributed by atoms with van der Waals surface area (Å²) in [6.07, 6.45) is 0. The molecule has 5 nitrogen and oxygen atoms in total. The summed E-state index contributed by atoms with van der Waals surface area (Å²) >= 11 is 5.92. The third-order valence-corrected chi connectivity index (χ3v) is 2.70. The largest absolute Gasteiger partial charge is 0.442 e. The molecule has 0 radical (unpaired) electrons. The van der Waals surface area contributed by atoms with Crippen LogP contribution in [0.4, 0.5) is 0 Å². The number of hydrogen-bond acceptors (Lipinski definition) is 3. The first-order valence-corrected chi connectivity index (χ1v) is 4.94. The minimum Gasteiger partial charge on any atom is -0.312 e. The molecule has 0 unspecified atom stereocenters. The summed E-state index contributed by atoms with van der Waals surface area (Å²) < 4.78 is 6.57. The van der Waals surface area contributed by atoms with E-state index in [1.54, 1.807) is 18.2 Å². The van der Waals surface area contributed by atoms with Crippen LogP contribution in [0.15, 0.2) is 32.3 Å². The molecule has 0 saturated heterocycles. The second kappa shape index (κ2) is 3.68. The fraction of sp³-hybridized carbons (Fsp3) is 0.200. The van der Waals surface area contributed by atoms with Gasteiger partial charge in [-0.25, -0.2) is 14.2 Å². The van der Waals surface area contributed by atoms with Crippen molar-refractivity contribution in [3.63, 3.8) is 0 Å². The first-order chi connectivity index (χ1) is 7.50. The van der Waals surface area contributed by atoms with Crippen LogP contribution in [0.25, 0.3) is 5.69 Å². The summed E-state index contributed by atoms with van der Waals surface area (Å²) in [4.78, 5) is 22.7. The van der Waals surface area contributed by atoms with Gasteiger partial charge in [-0.3, -0.25) is 0 Å². The molecule has 2 rings (SSSR count). The quantitative estimate of drug-likeness (QED) is 0.750. The molecule has 0 bridgehead atoms. The van der Waals surface area contributed by atoms with Gasteiger partial charge in [-0.1, -0.05) is 17.7 Å². The Morgan fingerprint density at radius 2 is 2.00 bits per heavy atom. The lowest BCUT2D eigenvalue weighted by molar-refractivity contribution is 0.312. The average Bonchev–Trinajstić information content (AvgIpc) is 2.50. The van der Waals surface area contributed by atoms with E-state index in [-0.39, 0.29) is 0 Å². The molecule has 0 saturated carbocycles. The van der Waals surface area contributed by atoms with Gasteiger partial charge in [-0.05, 0) is 24.6 Å². The molecule has 0 aliphatic heterocycles. The molecule has 0 aliphatic carbocycles. The van der Waals surface area contributed by atoms with E-state index >= 15 is 0 Å². The van der Waals surface area contributed by atoms with Crippen molar-refractivity contribution in [1.82, 2.24) is 9.31 Å². The highest BCUT2D eigenvalue weighted by Crippen LogP contribution is 2.18. The van der Waals surface area contributed by atoms with E-state index in [0.717, 1.165) is 14.9 Å². The molecule has 0 aliphatic rings. The summed E-state index contributed by atoms with van der Waals surface area (Å²) in [7, 11) is 1.35. The fourth-order valence-electron chi connectivity index (χ4n) is 1.26.